The summed E-state index contributed by atoms with van der Waals surface area (Å²) in [4.78, 5) is 24.4. The predicted octanol–water partition coefficient (Wildman–Crippen LogP) is 4.89. The number of benzene rings is 2. The molecule has 0 N–H and O–H groups in total. The van der Waals surface area contributed by atoms with Crippen molar-refractivity contribution >= 4 is 28.4 Å². The average molecular weight is 371 g/mol. The normalized spacial score (nSPS) is 10.9. The number of ether oxygens (including phenoxy) is 1. The van der Waals surface area contributed by atoms with Gasteiger partial charge in [0.2, 0.25) is 0 Å². The highest BCUT2D eigenvalue weighted by Gasteiger charge is 2.15. The van der Waals surface area contributed by atoms with E-state index in [4.69, 9.17) is 20.8 Å². The molecule has 0 aliphatic rings. The van der Waals surface area contributed by atoms with Gasteiger partial charge in [0.25, 0.3) is 0 Å². The molecule has 4 nitrogen and oxygen atoms in total. The van der Waals surface area contributed by atoms with Crippen molar-refractivity contribution in [2.75, 3.05) is 6.61 Å². The van der Waals surface area contributed by atoms with Crippen LogP contribution in [0.1, 0.15) is 34.0 Å². The minimum Gasteiger partial charge on any atom is -0.485 e. The molecule has 0 radical (unpaired) electrons. The van der Waals surface area contributed by atoms with Gasteiger partial charge in [-0.25, -0.2) is 4.79 Å². The van der Waals surface area contributed by atoms with Gasteiger partial charge in [0, 0.05) is 27.1 Å². The molecule has 0 fully saturated rings. The van der Waals surface area contributed by atoms with Crippen LogP contribution in [-0.2, 0) is 6.42 Å². The molecule has 5 heteroatoms. The van der Waals surface area contributed by atoms with Gasteiger partial charge in [-0.15, -0.1) is 0 Å². The first kappa shape index (κ1) is 18.2. The number of hydrogen-bond donors (Lipinski definition) is 0. The van der Waals surface area contributed by atoms with Crippen LogP contribution in [0, 0.1) is 13.8 Å². The molecule has 1 aromatic heterocycles. The Balaban J connectivity index is 1.89. The number of Topliss-reactive ketones (excluding diaryl/α,β-unsaturated/α-hetero) is 1. The highest BCUT2D eigenvalue weighted by molar-refractivity contribution is 6.30. The zero-order chi connectivity index (χ0) is 18.8. The largest absolute Gasteiger partial charge is 0.485 e. The fourth-order valence-corrected chi connectivity index (χ4v) is 3.12. The van der Waals surface area contributed by atoms with Crippen LogP contribution in [0.25, 0.3) is 11.0 Å². The van der Waals surface area contributed by atoms with Crippen molar-refractivity contribution in [3.8, 4) is 5.75 Å². The molecule has 2 aromatic carbocycles. The third-order valence-corrected chi connectivity index (χ3v) is 4.78. The van der Waals surface area contributed by atoms with Gasteiger partial charge in [-0.2, -0.15) is 0 Å². The van der Waals surface area contributed by atoms with Crippen LogP contribution in [0.5, 0.6) is 5.75 Å². The summed E-state index contributed by atoms with van der Waals surface area (Å²) < 4.78 is 11.2. The molecule has 134 valence electrons. The summed E-state index contributed by atoms with van der Waals surface area (Å²) in [5.74, 6) is 0.367. The maximum Gasteiger partial charge on any atom is 0.339 e. The van der Waals surface area contributed by atoms with Crippen LogP contribution in [0.15, 0.2) is 45.6 Å². The summed E-state index contributed by atoms with van der Waals surface area (Å²) in [5, 5.41) is 1.46. The Bertz CT molecular complexity index is 1030. The summed E-state index contributed by atoms with van der Waals surface area (Å²) in [7, 11) is 0. The quantitative estimate of drug-likeness (QED) is 0.474. The summed E-state index contributed by atoms with van der Waals surface area (Å²) in [6.45, 7) is 5.56. The third kappa shape index (κ3) is 3.37. The molecule has 3 aromatic rings. The van der Waals surface area contributed by atoms with E-state index in [-0.39, 0.29) is 18.0 Å². The van der Waals surface area contributed by atoms with Crippen molar-refractivity contribution < 1.29 is 13.9 Å². The zero-order valence-electron chi connectivity index (χ0n) is 14.9. The summed E-state index contributed by atoms with van der Waals surface area (Å²) in [5.41, 5.74) is 3.02. The Morgan fingerprint density at radius 1 is 1.08 bits per heavy atom. The van der Waals surface area contributed by atoms with E-state index in [0.29, 0.717) is 39.5 Å². The van der Waals surface area contributed by atoms with E-state index >= 15 is 0 Å². The second-order valence-electron chi connectivity index (χ2n) is 6.13. The van der Waals surface area contributed by atoms with E-state index in [1.54, 1.807) is 30.3 Å². The lowest BCUT2D eigenvalue weighted by Crippen LogP contribution is -2.13. The van der Waals surface area contributed by atoms with Crippen molar-refractivity contribution in [1.82, 2.24) is 0 Å². The Hall–Kier alpha value is -2.59. The van der Waals surface area contributed by atoms with Gasteiger partial charge < -0.3 is 9.15 Å². The molecule has 3 rings (SSSR count). The lowest BCUT2D eigenvalue weighted by Gasteiger charge is -2.12. The third-order valence-electron chi connectivity index (χ3n) is 4.53. The van der Waals surface area contributed by atoms with Gasteiger partial charge in [0.1, 0.15) is 11.3 Å². The standard InChI is InChI=1S/C21H19ClO4/c1-4-16-12(2)17-9-10-19(13(3)20(17)26-21(16)24)25-11-18(23)14-5-7-15(22)8-6-14/h5-10H,4,11H2,1-3H3. The van der Waals surface area contributed by atoms with Gasteiger partial charge in [-0.1, -0.05) is 18.5 Å². The summed E-state index contributed by atoms with van der Waals surface area (Å²) in [6, 6.07) is 10.3. The molecule has 0 spiro atoms. The molecule has 0 aliphatic heterocycles. The molecular formula is C21H19ClO4. The second kappa shape index (κ2) is 7.34. The molecular weight excluding hydrogens is 352 g/mol. The van der Waals surface area contributed by atoms with Crippen molar-refractivity contribution in [2.24, 2.45) is 0 Å². The van der Waals surface area contributed by atoms with E-state index in [1.807, 2.05) is 26.8 Å². The summed E-state index contributed by atoms with van der Waals surface area (Å²) in [6.07, 6.45) is 0.622. The molecule has 0 amide bonds. The first-order chi connectivity index (χ1) is 12.4. The first-order valence-electron chi connectivity index (χ1n) is 8.39. The molecule has 0 bridgehead atoms. The number of carbonyl (C=O) groups is 1. The number of fused-ring (bicyclic) bond motifs is 1. The number of halogens is 1. The monoisotopic (exact) mass is 370 g/mol. The summed E-state index contributed by atoms with van der Waals surface area (Å²) >= 11 is 5.83. The number of aryl methyl sites for hydroxylation is 2. The molecule has 1 heterocycles. The molecule has 0 atom stereocenters. The number of ketones is 1. The Labute approximate surface area is 156 Å². The number of hydrogen-bond acceptors (Lipinski definition) is 4. The molecule has 0 saturated heterocycles. The van der Waals surface area contributed by atoms with Crippen molar-refractivity contribution in [2.45, 2.75) is 27.2 Å². The lowest BCUT2D eigenvalue weighted by molar-refractivity contribution is 0.0921. The SMILES string of the molecule is CCc1c(C)c2ccc(OCC(=O)c3ccc(Cl)cc3)c(C)c2oc1=O. The van der Waals surface area contributed by atoms with Gasteiger partial charge in [-0.05, 0) is 62.2 Å². The van der Waals surface area contributed by atoms with Crippen LogP contribution in [0.4, 0.5) is 0 Å². The van der Waals surface area contributed by atoms with Crippen molar-refractivity contribution in [3.05, 3.63) is 74.1 Å². The molecule has 0 aliphatic carbocycles. The van der Waals surface area contributed by atoms with E-state index < -0.39 is 0 Å². The average Bonchev–Trinajstić information content (AvgIpc) is 2.62. The van der Waals surface area contributed by atoms with E-state index in [0.717, 1.165) is 10.9 Å². The van der Waals surface area contributed by atoms with Crippen molar-refractivity contribution in [1.29, 1.82) is 0 Å². The van der Waals surface area contributed by atoms with Crippen LogP contribution in [-0.4, -0.2) is 12.4 Å². The zero-order valence-corrected chi connectivity index (χ0v) is 15.6. The minimum absolute atomic E-state index is 0.107. The van der Waals surface area contributed by atoms with Gasteiger partial charge in [0.15, 0.2) is 12.4 Å². The van der Waals surface area contributed by atoms with Crippen LogP contribution < -0.4 is 10.4 Å². The molecule has 0 unspecified atom stereocenters. The smallest absolute Gasteiger partial charge is 0.339 e. The van der Waals surface area contributed by atoms with E-state index in [1.165, 1.54) is 0 Å². The van der Waals surface area contributed by atoms with E-state index in [2.05, 4.69) is 0 Å². The van der Waals surface area contributed by atoms with Gasteiger partial charge in [0.05, 0.1) is 0 Å². The fraction of sp³-hybridized carbons (Fsp3) is 0.238. The van der Waals surface area contributed by atoms with Gasteiger partial charge >= 0.3 is 5.63 Å². The van der Waals surface area contributed by atoms with Crippen LogP contribution in [0.2, 0.25) is 5.02 Å². The minimum atomic E-state index is -0.324. The second-order valence-corrected chi connectivity index (χ2v) is 6.57. The highest BCUT2D eigenvalue weighted by atomic mass is 35.5. The fourth-order valence-electron chi connectivity index (χ4n) is 3.00. The Morgan fingerprint density at radius 2 is 1.77 bits per heavy atom. The highest BCUT2D eigenvalue weighted by Crippen LogP contribution is 2.29. The lowest BCUT2D eigenvalue weighted by atomic mass is 10.0. The Morgan fingerprint density at radius 3 is 2.42 bits per heavy atom. The maximum absolute atomic E-state index is 12.3. The number of rotatable bonds is 5. The van der Waals surface area contributed by atoms with Crippen LogP contribution >= 0.6 is 11.6 Å². The molecule has 0 saturated carbocycles. The maximum atomic E-state index is 12.3. The topological polar surface area (TPSA) is 56.5 Å². The van der Waals surface area contributed by atoms with Crippen LogP contribution in [0.3, 0.4) is 0 Å². The first-order valence-corrected chi connectivity index (χ1v) is 8.77. The Kier molecular flexibility index (Phi) is 5.14. The predicted molar refractivity (Wildman–Crippen MR) is 103 cm³/mol. The van der Waals surface area contributed by atoms with Crippen molar-refractivity contribution in [3.63, 3.8) is 0 Å². The van der Waals surface area contributed by atoms with Gasteiger partial charge in [-0.3, -0.25) is 4.79 Å². The molecule has 26 heavy (non-hydrogen) atoms. The van der Waals surface area contributed by atoms with E-state index in [9.17, 15) is 9.59 Å². The number of carbonyl (C=O) groups excluding carboxylic acids is 1.